The fourth-order valence-corrected chi connectivity index (χ4v) is 4.64. The highest BCUT2D eigenvalue weighted by Crippen LogP contribution is 2.38. The van der Waals surface area contributed by atoms with Crippen LogP contribution >= 0.6 is 0 Å². The lowest BCUT2D eigenvalue weighted by Crippen LogP contribution is -2.31. The quantitative estimate of drug-likeness (QED) is 0.266. The number of rotatable bonds is 9. The van der Waals surface area contributed by atoms with Gasteiger partial charge in [0.15, 0.2) is 0 Å². The van der Waals surface area contributed by atoms with Gasteiger partial charge in [0.25, 0.3) is 0 Å². The lowest BCUT2D eigenvalue weighted by atomic mass is 10.1. The van der Waals surface area contributed by atoms with E-state index in [1.54, 1.807) is 18.0 Å². The molecular weight excluding hydrogens is 480 g/mol. The van der Waals surface area contributed by atoms with Gasteiger partial charge in [0.1, 0.15) is 29.0 Å². The predicted molar refractivity (Wildman–Crippen MR) is 146 cm³/mol. The van der Waals surface area contributed by atoms with Gasteiger partial charge in [-0.25, -0.2) is 9.67 Å². The van der Waals surface area contributed by atoms with Gasteiger partial charge in [-0.05, 0) is 43.7 Å². The molecule has 5 rings (SSSR count). The first-order chi connectivity index (χ1) is 18.5. The average Bonchev–Trinajstić information content (AvgIpc) is 3.57. The van der Waals surface area contributed by atoms with Gasteiger partial charge in [-0.3, -0.25) is 9.48 Å². The minimum atomic E-state index is -0.288. The molecule has 38 heavy (non-hydrogen) atoms. The lowest BCUT2D eigenvalue weighted by molar-refractivity contribution is -0.141. The maximum Gasteiger partial charge on any atom is 0.325 e. The van der Waals surface area contributed by atoms with E-state index in [9.17, 15) is 4.79 Å². The topological polar surface area (TPSA) is 87.3 Å². The number of carbonyl (C=O) groups is 1. The van der Waals surface area contributed by atoms with Crippen molar-refractivity contribution in [2.24, 2.45) is 7.05 Å². The molecule has 0 aliphatic heterocycles. The lowest BCUT2D eigenvalue weighted by Gasteiger charge is -2.25. The SMILES string of the molecule is CCOC(=O)CN(Cc1ccccc1)c1cc(C)nc2c(-c3ccc(-n4cccn4)cc3OC)nn(C)c12. The first-order valence-corrected chi connectivity index (χ1v) is 12.5. The fourth-order valence-electron chi connectivity index (χ4n) is 4.64. The largest absolute Gasteiger partial charge is 0.496 e. The zero-order valence-corrected chi connectivity index (χ0v) is 22.0. The molecule has 2 aromatic carbocycles. The Balaban J connectivity index is 1.64. The molecule has 0 bridgehead atoms. The predicted octanol–water partition coefficient (Wildman–Crippen LogP) is 4.71. The standard InChI is InChI=1S/C29H30N6O3/c1-5-38-26(36)19-34(18-21-10-7-6-8-11-21)24-16-20(2)31-28-27(32-33(3)29(24)28)23-13-12-22(17-25(23)37-4)35-15-9-14-30-35/h6-17H,5,18-19H2,1-4H3. The zero-order valence-electron chi connectivity index (χ0n) is 22.0. The minimum Gasteiger partial charge on any atom is -0.496 e. The van der Waals surface area contributed by atoms with Crippen molar-refractivity contribution in [3.8, 4) is 22.7 Å². The van der Waals surface area contributed by atoms with Crippen LogP contribution in [0.3, 0.4) is 0 Å². The second-order valence-corrected chi connectivity index (χ2v) is 8.93. The van der Waals surface area contributed by atoms with Gasteiger partial charge in [0.05, 0.1) is 25.1 Å². The van der Waals surface area contributed by atoms with Crippen LogP contribution in [0, 0.1) is 6.92 Å². The van der Waals surface area contributed by atoms with Crippen molar-refractivity contribution in [1.29, 1.82) is 0 Å². The van der Waals surface area contributed by atoms with Crippen LogP contribution in [-0.2, 0) is 23.1 Å². The summed E-state index contributed by atoms with van der Waals surface area (Å²) in [6.45, 7) is 4.72. The molecule has 9 heteroatoms. The molecule has 0 saturated carbocycles. The molecule has 0 aliphatic rings. The highest BCUT2D eigenvalue weighted by molar-refractivity contribution is 5.99. The summed E-state index contributed by atoms with van der Waals surface area (Å²) in [6, 6.07) is 19.8. The van der Waals surface area contributed by atoms with Crippen LogP contribution in [-0.4, -0.2) is 50.8 Å². The summed E-state index contributed by atoms with van der Waals surface area (Å²) >= 11 is 0. The Morgan fingerprint density at radius 3 is 2.61 bits per heavy atom. The molecule has 0 aliphatic carbocycles. The number of hydrogen-bond acceptors (Lipinski definition) is 7. The van der Waals surface area contributed by atoms with E-state index in [2.05, 4.69) is 5.10 Å². The van der Waals surface area contributed by atoms with Crippen molar-refractivity contribution >= 4 is 22.7 Å². The van der Waals surface area contributed by atoms with Crippen molar-refractivity contribution in [2.45, 2.75) is 20.4 Å². The number of fused-ring (bicyclic) bond motifs is 1. The molecule has 0 amide bonds. The van der Waals surface area contributed by atoms with Gasteiger partial charge in [0, 0.05) is 43.3 Å². The third kappa shape index (κ3) is 4.95. The van der Waals surface area contributed by atoms with E-state index in [1.807, 2.05) is 97.3 Å². The summed E-state index contributed by atoms with van der Waals surface area (Å²) in [4.78, 5) is 19.5. The Bertz CT molecular complexity index is 1560. The molecule has 3 aromatic heterocycles. The third-order valence-corrected chi connectivity index (χ3v) is 6.29. The molecule has 5 aromatic rings. The monoisotopic (exact) mass is 510 g/mol. The number of esters is 1. The van der Waals surface area contributed by atoms with Crippen LogP contribution in [0.15, 0.2) is 73.1 Å². The Kier molecular flexibility index (Phi) is 7.08. The highest BCUT2D eigenvalue weighted by Gasteiger charge is 2.23. The van der Waals surface area contributed by atoms with Crippen LogP contribution in [0.4, 0.5) is 5.69 Å². The maximum atomic E-state index is 12.6. The normalized spacial score (nSPS) is 11.1. The second-order valence-electron chi connectivity index (χ2n) is 8.93. The van der Waals surface area contributed by atoms with E-state index in [4.69, 9.17) is 19.6 Å². The van der Waals surface area contributed by atoms with Crippen molar-refractivity contribution < 1.29 is 14.3 Å². The summed E-state index contributed by atoms with van der Waals surface area (Å²) in [7, 11) is 3.53. The Morgan fingerprint density at radius 1 is 1.08 bits per heavy atom. The molecule has 0 spiro atoms. The third-order valence-electron chi connectivity index (χ3n) is 6.29. The van der Waals surface area contributed by atoms with Crippen LogP contribution < -0.4 is 9.64 Å². The van der Waals surface area contributed by atoms with Crippen LogP contribution in [0.2, 0.25) is 0 Å². The number of pyridine rings is 1. The number of methoxy groups -OCH3 is 1. The van der Waals surface area contributed by atoms with E-state index in [-0.39, 0.29) is 12.5 Å². The van der Waals surface area contributed by atoms with Gasteiger partial charge in [-0.15, -0.1) is 0 Å². The van der Waals surface area contributed by atoms with E-state index in [0.29, 0.717) is 24.6 Å². The molecule has 0 radical (unpaired) electrons. The summed E-state index contributed by atoms with van der Waals surface area (Å²) in [6.07, 6.45) is 3.62. The highest BCUT2D eigenvalue weighted by atomic mass is 16.5. The molecule has 0 atom stereocenters. The first kappa shape index (κ1) is 25.0. The Morgan fingerprint density at radius 2 is 1.89 bits per heavy atom. The smallest absolute Gasteiger partial charge is 0.325 e. The van der Waals surface area contributed by atoms with Crippen molar-refractivity contribution in [3.05, 3.63) is 84.3 Å². The van der Waals surface area contributed by atoms with Gasteiger partial charge < -0.3 is 14.4 Å². The first-order valence-electron chi connectivity index (χ1n) is 12.5. The molecule has 9 nitrogen and oxygen atoms in total. The Labute approximate surface area is 221 Å². The van der Waals surface area contributed by atoms with Crippen LogP contribution in [0.5, 0.6) is 5.75 Å². The molecule has 3 heterocycles. The summed E-state index contributed by atoms with van der Waals surface area (Å²) in [5, 5.41) is 9.19. The number of carbonyl (C=O) groups excluding carboxylic acids is 1. The summed E-state index contributed by atoms with van der Waals surface area (Å²) < 4.78 is 14.7. The van der Waals surface area contributed by atoms with Crippen LogP contribution in [0.25, 0.3) is 28.0 Å². The van der Waals surface area contributed by atoms with E-state index >= 15 is 0 Å². The van der Waals surface area contributed by atoms with Crippen molar-refractivity contribution in [1.82, 2.24) is 24.5 Å². The van der Waals surface area contributed by atoms with Crippen LogP contribution in [0.1, 0.15) is 18.2 Å². The number of nitrogens with zero attached hydrogens (tertiary/aromatic N) is 6. The molecular formula is C29H30N6O3. The number of hydrogen-bond donors (Lipinski definition) is 0. The second kappa shape index (κ2) is 10.8. The number of anilines is 1. The van der Waals surface area contributed by atoms with E-state index in [0.717, 1.165) is 39.2 Å². The maximum absolute atomic E-state index is 12.6. The van der Waals surface area contributed by atoms with Gasteiger partial charge in [-0.1, -0.05) is 30.3 Å². The number of benzene rings is 2. The van der Waals surface area contributed by atoms with E-state index < -0.39 is 0 Å². The molecule has 0 unspecified atom stereocenters. The summed E-state index contributed by atoms with van der Waals surface area (Å²) in [5.74, 6) is 0.375. The van der Waals surface area contributed by atoms with E-state index in [1.165, 1.54) is 0 Å². The average molecular weight is 511 g/mol. The van der Waals surface area contributed by atoms with Gasteiger partial charge in [-0.2, -0.15) is 10.2 Å². The van der Waals surface area contributed by atoms with Crippen molar-refractivity contribution in [3.63, 3.8) is 0 Å². The van der Waals surface area contributed by atoms with Crippen molar-refractivity contribution in [2.75, 3.05) is 25.2 Å². The number of aryl methyl sites for hydroxylation is 2. The Hall–Kier alpha value is -4.66. The summed E-state index contributed by atoms with van der Waals surface area (Å²) in [5.41, 5.74) is 6.71. The van der Waals surface area contributed by atoms with Gasteiger partial charge in [0.2, 0.25) is 0 Å². The number of ether oxygens (including phenoxy) is 2. The minimum absolute atomic E-state index is 0.101. The molecule has 0 N–H and O–H groups in total. The molecule has 0 fully saturated rings. The molecule has 194 valence electrons. The zero-order chi connectivity index (χ0) is 26.6. The fraction of sp³-hybridized carbons (Fsp3) is 0.241. The number of aromatic nitrogens is 5. The molecule has 0 saturated heterocycles. The van der Waals surface area contributed by atoms with Gasteiger partial charge >= 0.3 is 5.97 Å².